The summed E-state index contributed by atoms with van der Waals surface area (Å²) in [5.74, 6) is 0.654. The average molecular weight is 490 g/mol. The number of nitrogens with one attached hydrogen (secondary N) is 2. The fourth-order valence-electron chi connectivity index (χ4n) is 3.59. The smallest absolute Gasteiger partial charge is 0.263 e. The molecule has 2 N–H and O–H groups in total. The van der Waals surface area contributed by atoms with E-state index in [0.717, 1.165) is 5.56 Å². The number of benzene rings is 2. The van der Waals surface area contributed by atoms with E-state index < -0.39 is 5.56 Å². The number of hydrogen-bond donors (Lipinski definition) is 2. The van der Waals surface area contributed by atoms with Gasteiger partial charge in [-0.25, -0.2) is 4.68 Å². The van der Waals surface area contributed by atoms with Gasteiger partial charge in [0.1, 0.15) is 17.0 Å². The fourth-order valence-corrected chi connectivity index (χ4v) is 3.77. The van der Waals surface area contributed by atoms with Gasteiger partial charge in [0, 0.05) is 11.1 Å². The Balaban J connectivity index is 1.46. The van der Waals surface area contributed by atoms with Gasteiger partial charge in [-0.15, -0.1) is 0 Å². The number of ether oxygens (including phenoxy) is 1. The van der Waals surface area contributed by atoms with E-state index in [-0.39, 0.29) is 18.5 Å². The van der Waals surface area contributed by atoms with Crippen LogP contribution in [-0.2, 0) is 4.79 Å². The molecule has 0 atom stereocenters. The quantitative estimate of drug-likeness (QED) is 0.376. The number of aromatic amines is 1. The molecule has 0 bridgehead atoms. The van der Waals surface area contributed by atoms with Crippen LogP contribution in [0.3, 0.4) is 0 Å². The molecule has 0 saturated carbocycles. The molecule has 35 heavy (non-hydrogen) atoms. The predicted molar refractivity (Wildman–Crippen MR) is 132 cm³/mol. The second kappa shape index (κ2) is 9.07. The Morgan fingerprint density at radius 2 is 1.94 bits per heavy atom. The zero-order valence-corrected chi connectivity index (χ0v) is 19.6. The van der Waals surface area contributed by atoms with Crippen LogP contribution < -0.4 is 15.6 Å². The maximum Gasteiger partial charge on any atom is 0.263 e. The van der Waals surface area contributed by atoms with Crippen molar-refractivity contribution in [2.24, 2.45) is 0 Å². The van der Waals surface area contributed by atoms with Gasteiger partial charge in [0.2, 0.25) is 5.95 Å². The zero-order chi connectivity index (χ0) is 24.5. The van der Waals surface area contributed by atoms with Crippen molar-refractivity contribution in [2.45, 2.75) is 13.8 Å². The number of rotatable bonds is 6. The number of hydrogen-bond acceptors (Lipinski definition) is 6. The normalized spacial score (nSPS) is 11.1. The molecule has 1 amide bonds. The van der Waals surface area contributed by atoms with Crippen molar-refractivity contribution >= 4 is 34.4 Å². The van der Waals surface area contributed by atoms with Crippen molar-refractivity contribution in [2.75, 3.05) is 11.9 Å². The molecule has 10 nitrogen and oxygen atoms in total. The molecule has 3 aromatic heterocycles. The van der Waals surface area contributed by atoms with Crippen LogP contribution >= 0.6 is 11.6 Å². The molecular formula is C24H20ClN7O3. The summed E-state index contributed by atoms with van der Waals surface area (Å²) in [5.41, 5.74) is 2.21. The second-order valence-electron chi connectivity index (χ2n) is 7.90. The molecule has 0 fully saturated rings. The number of carbonyl (C=O) groups excluding carboxylic acids is 1. The average Bonchev–Trinajstić information content (AvgIpc) is 3.41. The van der Waals surface area contributed by atoms with Crippen molar-refractivity contribution in [3.63, 3.8) is 0 Å². The van der Waals surface area contributed by atoms with Gasteiger partial charge < -0.3 is 10.1 Å². The highest BCUT2D eigenvalue weighted by Crippen LogP contribution is 2.20. The number of anilines is 1. The number of aromatic nitrogens is 6. The fraction of sp³-hybridized carbons (Fsp3) is 0.125. The first-order chi connectivity index (χ1) is 16.9. The second-order valence-corrected chi connectivity index (χ2v) is 8.34. The Morgan fingerprint density at radius 1 is 1.11 bits per heavy atom. The van der Waals surface area contributed by atoms with Crippen molar-refractivity contribution < 1.29 is 9.53 Å². The first-order valence-corrected chi connectivity index (χ1v) is 11.1. The molecule has 0 spiro atoms. The van der Waals surface area contributed by atoms with E-state index in [1.165, 1.54) is 15.6 Å². The zero-order valence-electron chi connectivity index (χ0n) is 18.8. The third kappa shape index (κ3) is 4.64. The number of aryl methyl sites for hydroxylation is 2. The molecular weight excluding hydrogens is 470 g/mol. The summed E-state index contributed by atoms with van der Waals surface area (Å²) in [5, 5.41) is 12.3. The molecule has 0 unspecified atom stereocenters. The lowest BCUT2D eigenvalue weighted by molar-refractivity contribution is -0.118. The SMILES string of the molecule is Cc1cccc(OCC(=O)Nc2cc(C)nn2-c2nc3c(cnn3-c3cccc(Cl)c3)c(=O)[nH]2)c1. The lowest BCUT2D eigenvalue weighted by Crippen LogP contribution is -2.23. The van der Waals surface area contributed by atoms with Gasteiger partial charge in [-0.2, -0.15) is 19.9 Å². The van der Waals surface area contributed by atoms with E-state index in [2.05, 4.69) is 25.5 Å². The first kappa shape index (κ1) is 22.4. The highest BCUT2D eigenvalue weighted by atomic mass is 35.5. The van der Waals surface area contributed by atoms with Crippen LogP contribution in [0, 0.1) is 13.8 Å². The van der Waals surface area contributed by atoms with Gasteiger partial charge in [-0.3, -0.25) is 14.6 Å². The highest BCUT2D eigenvalue weighted by Gasteiger charge is 2.17. The van der Waals surface area contributed by atoms with Gasteiger partial charge in [-0.1, -0.05) is 29.8 Å². The van der Waals surface area contributed by atoms with E-state index in [4.69, 9.17) is 16.3 Å². The number of nitrogens with zero attached hydrogens (tertiary/aromatic N) is 5. The summed E-state index contributed by atoms with van der Waals surface area (Å²) in [6, 6.07) is 16.1. The number of halogens is 1. The maximum absolute atomic E-state index is 12.8. The van der Waals surface area contributed by atoms with E-state index >= 15 is 0 Å². The van der Waals surface area contributed by atoms with Crippen LogP contribution in [0.1, 0.15) is 11.3 Å². The summed E-state index contributed by atoms with van der Waals surface area (Å²) in [4.78, 5) is 32.6. The molecule has 2 aromatic carbocycles. The monoisotopic (exact) mass is 489 g/mol. The van der Waals surface area contributed by atoms with Crippen molar-refractivity contribution in [3.05, 3.63) is 87.4 Å². The standard InChI is InChI=1S/C24H20ClN7O3/c1-14-5-3-8-18(9-14)35-13-21(33)27-20-10-15(2)30-32(20)24-28-22-19(23(34)29-24)12-26-31(22)17-7-4-6-16(25)11-17/h3-12H,13H2,1-2H3,(H,27,33)(H,28,29,34). The minimum absolute atomic E-state index is 0.120. The van der Waals surface area contributed by atoms with Gasteiger partial charge in [0.15, 0.2) is 12.3 Å². The lowest BCUT2D eigenvalue weighted by atomic mass is 10.2. The highest BCUT2D eigenvalue weighted by molar-refractivity contribution is 6.30. The first-order valence-electron chi connectivity index (χ1n) is 10.7. The molecule has 5 aromatic rings. The van der Waals surface area contributed by atoms with Gasteiger partial charge in [-0.05, 0) is 49.7 Å². The van der Waals surface area contributed by atoms with E-state index in [1.807, 2.05) is 25.1 Å². The van der Waals surface area contributed by atoms with E-state index in [1.54, 1.807) is 43.3 Å². The number of fused-ring (bicyclic) bond motifs is 1. The van der Waals surface area contributed by atoms with E-state index in [9.17, 15) is 9.59 Å². The van der Waals surface area contributed by atoms with Crippen molar-refractivity contribution in [1.29, 1.82) is 0 Å². The number of amides is 1. The minimum atomic E-state index is -0.397. The van der Waals surface area contributed by atoms with Crippen LogP contribution in [0.5, 0.6) is 5.75 Å². The molecule has 3 heterocycles. The summed E-state index contributed by atoms with van der Waals surface area (Å²) in [7, 11) is 0. The summed E-state index contributed by atoms with van der Waals surface area (Å²) < 4.78 is 8.45. The predicted octanol–water partition coefficient (Wildman–Crippen LogP) is 3.58. The summed E-state index contributed by atoms with van der Waals surface area (Å²) >= 11 is 6.12. The van der Waals surface area contributed by atoms with Crippen molar-refractivity contribution in [3.8, 4) is 17.4 Å². The molecule has 0 aliphatic heterocycles. The lowest BCUT2D eigenvalue weighted by Gasteiger charge is -2.10. The van der Waals surface area contributed by atoms with Crippen LogP contribution in [-0.4, -0.2) is 42.0 Å². The third-order valence-corrected chi connectivity index (χ3v) is 5.37. The van der Waals surface area contributed by atoms with Crippen molar-refractivity contribution in [1.82, 2.24) is 29.5 Å². The Kier molecular flexibility index (Phi) is 5.79. The Hall–Kier alpha value is -4.44. The van der Waals surface area contributed by atoms with Crippen LogP contribution in [0.4, 0.5) is 5.82 Å². The van der Waals surface area contributed by atoms with E-state index in [0.29, 0.717) is 39.0 Å². The van der Waals surface area contributed by atoms with Gasteiger partial charge >= 0.3 is 0 Å². The Bertz CT molecular complexity index is 1620. The molecule has 0 saturated heterocycles. The Labute approximate surface area is 204 Å². The molecule has 0 aliphatic carbocycles. The van der Waals surface area contributed by atoms with Crippen LogP contribution in [0.25, 0.3) is 22.7 Å². The summed E-state index contributed by atoms with van der Waals surface area (Å²) in [6.45, 7) is 3.51. The van der Waals surface area contributed by atoms with Crippen LogP contribution in [0.2, 0.25) is 5.02 Å². The minimum Gasteiger partial charge on any atom is -0.484 e. The number of carbonyl (C=O) groups is 1. The third-order valence-electron chi connectivity index (χ3n) is 5.14. The largest absolute Gasteiger partial charge is 0.484 e. The molecule has 5 rings (SSSR count). The Morgan fingerprint density at radius 3 is 2.74 bits per heavy atom. The number of H-pyrrole nitrogens is 1. The topological polar surface area (TPSA) is 120 Å². The molecule has 0 radical (unpaired) electrons. The molecule has 11 heteroatoms. The van der Waals surface area contributed by atoms with Gasteiger partial charge in [0.05, 0.1) is 17.6 Å². The van der Waals surface area contributed by atoms with Crippen LogP contribution in [0.15, 0.2) is 65.6 Å². The summed E-state index contributed by atoms with van der Waals surface area (Å²) in [6.07, 6.45) is 1.44. The molecule has 176 valence electrons. The van der Waals surface area contributed by atoms with Gasteiger partial charge in [0.25, 0.3) is 11.5 Å². The molecule has 0 aliphatic rings. The maximum atomic E-state index is 12.8.